The molecule has 1 amide bonds. The average Bonchev–Trinajstić information content (AvgIpc) is 3.46. The number of anilines is 1. The first-order valence-electron chi connectivity index (χ1n) is 14.7. The molecule has 0 aliphatic carbocycles. The number of amides is 1. The SMILES string of the molecule is CC(=O)c1cccc(NC(=O)Cc2ccc(C3O[C@H](CN4CCC[C@H]4CO)[C@H](C)[C@H](c4ccc(CO)cc4)O3)cc2)c1. The molecule has 5 atom stereocenters. The molecule has 2 heterocycles. The highest BCUT2D eigenvalue weighted by Gasteiger charge is 2.40. The lowest BCUT2D eigenvalue weighted by molar-refractivity contribution is -0.276. The van der Waals surface area contributed by atoms with Crippen molar-refractivity contribution in [3.63, 3.8) is 0 Å². The summed E-state index contributed by atoms with van der Waals surface area (Å²) in [6.45, 7) is 5.42. The molecule has 0 aromatic heterocycles. The van der Waals surface area contributed by atoms with E-state index in [1.54, 1.807) is 24.3 Å². The van der Waals surface area contributed by atoms with Crippen molar-refractivity contribution in [3.8, 4) is 0 Å². The van der Waals surface area contributed by atoms with E-state index in [0.29, 0.717) is 17.8 Å². The molecule has 1 unspecified atom stereocenters. The molecule has 42 heavy (non-hydrogen) atoms. The van der Waals surface area contributed by atoms with Gasteiger partial charge in [-0.3, -0.25) is 14.5 Å². The lowest BCUT2D eigenvalue weighted by Crippen LogP contribution is -2.46. The maximum atomic E-state index is 12.7. The summed E-state index contributed by atoms with van der Waals surface area (Å²) < 4.78 is 13.1. The van der Waals surface area contributed by atoms with Crippen LogP contribution in [0.4, 0.5) is 5.69 Å². The van der Waals surface area contributed by atoms with Crippen LogP contribution < -0.4 is 5.32 Å². The maximum Gasteiger partial charge on any atom is 0.228 e. The number of aliphatic hydroxyl groups excluding tert-OH is 2. The third kappa shape index (κ3) is 7.14. The van der Waals surface area contributed by atoms with Gasteiger partial charge in [-0.1, -0.05) is 67.6 Å². The predicted octanol–water partition coefficient (Wildman–Crippen LogP) is 4.81. The molecule has 0 radical (unpaired) electrons. The predicted molar refractivity (Wildman–Crippen MR) is 160 cm³/mol. The molecular weight excluding hydrogens is 532 g/mol. The maximum absolute atomic E-state index is 12.7. The molecule has 2 fully saturated rings. The standard InChI is InChI=1S/C34H40N2O6/c1-22-31(19-36-16-4-7-30(36)21-38)41-34(42-33(22)26-12-10-25(20-37)11-13-26)27-14-8-24(9-15-27)17-32(40)35-29-6-3-5-28(18-29)23(2)39/h3,5-6,8-15,18,22,30-31,33-34,37-38H,4,7,16-17,19-21H2,1-2H3,(H,35,40)/t22-,30-,31+,33+,34?/m0/s1. The van der Waals surface area contributed by atoms with Gasteiger partial charge in [0.05, 0.1) is 31.8 Å². The molecule has 8 heteroatoms. The molecule has 0 saturated carbocycles. The highest BCUT2D eigenvalue weighted by atomic mass is 16.7. The number of aliphatic hydroxyl groups is 2. The molecule has 5 rings (SSSR count). The van der Waals surface area contributed by atoms with Gasteiger partial charge in [0.15, 0.2) is 12.1 Å². The normalized spacial score (nSPS) is 24.4. The summed E-state index contributed by atoms with van der Waals surface area (Å²) in [6.07, 6.45) is 1.31. The van der Waals surface area contributed by atoms with Crippen LogP contribution in [0.3, 0.4) is 0 Å². The Balaban J connectivity index is 1.30. The minimum atomic E-state index is -0.596. The molecular formula is C34H40N2O6. The van der Waals surface area contributed by atoms with Gasteiger partial charge in [0.2, 0.25) is 5.91 Å². The Kier molecular flexibility index (Phi) is 9.82. The summed E-state index contributed by atoms with van der Waals surface area (Å²) in [5, 5.41) is 22.2. The van der Waals surface area contributed by atoms with Crippen LogP contribution >= 0.6 is 0 Å². The largest absolute Gasteiger partial charge is 0.395 e. The van der Waals surface area contributed by atoms with Crippen molar-refractivity contribution in [1.29, 1.82) is 0 Å². The number of benzene rings is 3. The lowest BCUT2D eigenvalue weighted by Gasteiger charge is -2.43. The summed E-state index contributed by atoms with van der Waals surface area (Å²) >= 11 is 0. The lowest BCUT2D eigenvalue weighted by atomic mass is 9.90. The molecule has 2 aliphatic heterocycles. The third-order valence-electron chi connectivity index (χ3n) is 8.42. The Morgan fingerprint density at radius 2 is 1.67 bits per heavy atom. The van der Waals surface area contributed by atoms with Crippen molar-refractivity contribution >= 4 is 17.4 Å². The zero-order valence-electron chi connectivity index (χ0n) is 24.2. The molecule has 3 aromatic rings. The number of hydrogen-bond donors (Lipinski definition) is 3. The van der Waals surface area contributed by atoms with E-state index in [-0.39, 0.29) is 55.5 Å². The Hall–Kier alpha value is -3.40. The van der Waals surface area contributed by atoms with Crippen LogP contribution in [-0.4, -0.2) is 58.6 Å². The van der Waals surface area contributed by atoms with Crippen LogP contribution in [0.15, 0.2) is 72.8 Å². The summed E-state index contributed by atoms with van der Waals surface area (Å²) in [6, 6.07) is 22.6. The van der Waals surface area contributed by atoms with Crippen LogP contribution in [0.5, 0.6) is 0 Å². The first-order chi connectivity index (χ1) is 20.3. The molecule has 0 spiro atoms. The van der Waals surface area contributed by atoms with Crippen molar-refractivity contribution in [3.05, 3.63) is 101 Å². The van der Waals surface area contributed by atoms with E-state index in [2.05, 4.69) is 17.1 Å². The molecule has 0 bridgehead atoms. The number of nitrogens with one attached hydrogen (secondary N) is 1. The fourth-order valence-electron chi connectivity index (χ4n) is 5.90. The first kappa shape index (κ1) is 30.1. The van der Waals surface area contributed by atoms with E-state index in [4.69, 9.17) is 9.47 Å². The number of hydrogen-bond acceptors (Lipinski definition) is 7. The molecule has 3 aromatic carbocycles. The third-order valence-corrected chi connectivity index (χ3v) is 8.42. The zero-order chi connectivity index (χ0) is 29.6. The smallest absolute Gasteiger partial charge is 0.228 e. The van der Waals surface area contributed by atoms with Crippen molar-refractivity contribution < 1.29 is 29.3 Å². The van der Waals surface area contributed by atoms with Crippen LogP contribution in [0, 0.1) is 5.92 Å². The summed E-state index contributed by atoms with van der Waals surface area (Å²) in [4.78, 5) is 26.7. The topological polar surface area (TPSA) is 108 Å². The van der Waals surface area contributed by atoms with E-state index in [1.807, 2.05) is 48.5 Å². The van der Waals surface area contributed by atoms with Gasteiger partial charge < -0.3 is 25.0 Å². The molecule has 2 saturated heterocycles. The van der Waals surface area contributed by atoms with Crippen molar-refractivity contribution in [1.82, 2.24) is 4.90 Å². The average molecular weight is 573 g/mol. The van der Waals surface area contributed by atoms with Crippen molar-refractivity contribution in [2.45, 2.75) is 64.3 Å². The summed E-state index contributed by atoms with van der Waals surface area (Å²) in [7, 11) is 0. The molecule has 222 valence electrons. The van der Waals surface area contributed by atoms with E-state index >= 15 is 0 Å². The second-order valence-corrected chi connectivity index (χ2v) is 11.4. The first-order valence-corrected chi connectivity index (χ1v) is 14.7. The van der Waals surface area contributed by atoms with E-state index in [9.17, 15) is 19.8 Å². The van der Waals surface area contributed by atoms with Gasteiger partial charge in [-0.15, -0.1) is 0 Å². The summed E-state index contributed by atoms with van der Waals surface area (Å²) in [5.74, 6) is -0.160. The highest BCUT2D eigenvalue weighted by Crippen LogP contribution is 2.42. The molecule has 8 nitrogen and oxygen atoms in total. The number of likely N-dealkylation sites (tertiary alicyclic amines) is 1. The van der Waals surface area contributed by atoms with Gasteiger partial charge in [-0.25, -0.2) is 0 Å². The fourth-order valence-corrected chi connectivity index (χ4v) is 5.90. The van der Waals surface area contributed by atoms with Crippen LogP contribution in [0.2, 0.25) is 0 Å². The van der Waals surface area contributed by atoms with Gasteiger partial charge in [0, 0.05) is 35.3 Å². The van der Waals surface area contributed by atoms with E-state index < -0.39 is 6.29 Å². The number of ether oxygens (including phenoxy) is 2. The zero-order valence-corrected chi connectivity index (χ0v) is 24.2. The minimum absolute atomic E-state index is 0.0115. The number of ketones is 1. The second-order valence-electron chi connectivity index (χ2n) is 11.4. The number of rotatable bonds is 10. The van der Waals surface area contributed by atoms with Gasteiger partial charge in [0.1, 0.15) is 0 Å². The van der Waals surface area contributed by atoms with Crippen molar-refractivity contribution in [2.24, 2.45) is 5.92 Å². The van der Waals surface area contributed by atoms with Gasteiger partial charge >= 0.3 is 0 Å². The van der Waals surface area contributed by atoms with Gasteiger partial charge in [0.25, 0.3) is 0 Å². The van der Waals surface area contributed by atoms with Crippen molar-refractivity contribution in [2.75, 3.05) is 25.0 Å². The van der Waals surface area contributed by atoms with Gasteiger partial charge in [-0.05, 0) is 55.1 Å². The Bertz CT molecular complexity index is 1360. The molecule has 2 aliphatic rings. The van der Waals surface area contributed by atoms with E-state index in [1.165, 1.54) is 6.92 Å². The number of Topliss-reactive ketones (excluding diaryl/α,β-unsaturated/α-hetero) is 1. The Labute approximate surface area is 247 Å². The number of carbonyl (C=O) groups is 2. The number of nitrogens with zero attached hydrogens (tertiary/aromatic N) is 1. The van der Waals surface area contributed by atoms with Crippen LogP contribution in [0.1, 0.15) is 71.7 Å². The van der Waals surface area contributed by atoms with Crippen LogP contribution in [0.25, 0.3) is 0 Å². The second kappa shape index (κ2) is 13.7. The Morgan fingerprint density at radius 3 is 2.36 bits per heavy atom. The van der Waals surface area contributed by atoms with E-state index in [0.717, 1.165) is 41.6 Å². The van der Waals surface area contributed by atoms with Crippen LogP contribution in [-0.2, 0) is 27.3 Å². The van der Waals surface area contributed by atoms with Gasteiger partial charge in [-0.2, -0.15) is 0 Å². The molecule has 3 N–H and O–H groups in total. The Morgan fingerprint density at radius 1 is 0.952 bits per heavy atom. The monoisotopic (exact) mass is 572 g/mol. The summed E-state index contributed by atoms with van der Waals surface area (Å²) in [5.41, 5.74) is 4.73. The highest BCUT2D eigenvalue weighted by molar-refractivity contribution is 5.97. The fraction of sp³-hybridized carbons (Fsp3) is 0.412. The quantitative estimate of drug-likeness (QED) is 0.299. The number of carbonyl (C=O) groups excluding carboxylic acids is 2. The minimum Gasteiger partial charge on any atom is -0.395 e.